The lowest BCUT2D eigenvalue weighted by Gasteiger charge is -2.00. The maximum atomic E-state index is 12.2. The zero-order valence-electron chi connectivity index (χ0n) is 14.7. The van der Waals surface area contributed by atoms with Gasteiger partial charge in [0, 0.05) is 6.08 Å². The Morgan fingerprint density at radius 3 is 2.89 bits per heavy atom. The molecule has 0 atom stereocenters. The Balaban J connectivity index is 1.75. The summed E-state index contributed by atoms with van der Waals surface area (Å²) in [6.45, 7) is 3.77. The molecule has 1 aliphatic heterocycles. The van der Waals surface area contributed by atoms with Gasteiger partial charge in [0.05, 0.1) is 12.2 Å². The molecule has 1 amide bonds. The van der Waals surface area contributed by atoms with E-state index in [4.69, 9.17) is 14.2 Å². The molecule has 0 aliphatic carbocycles. The Kier molecular flexibility index (Phi) is 5.43. The van der Waals surface area contributed by atoms with Crippen LogP contribution in [0.1, 0.15) is 33.3 Å². The molecule has 0 saturated carbocycles. The van der Waals surface area contributed by atoms with Crippen LogP contribution in [0.2, 0.25) is 0 Å². The lowest BCUT2D eigenvalue weighted by atomic mass is 10.1. The smallest absolute Gasteiger partial charge is 0.348 e. The summed E-state index contributed by atoms with van der Waals surface area (Å²) in [5.41, 5.74) is 1.52. The minimum atomic E-state index is -0.507. The molecule has 0 spiro atoms. The number of carbonyl (C=O) groups excluding carboxylic acids is 2. The van der Waals surface area contributed by atoms with E-state index < -0.39 is 11.9 Å². The Hall–Kier alpha value is -3.31. The van der Waals surface area contributed by atoms with Crippen molar-refractivity contribution in [3.8, 4) is 17.6 Å². The van der Waals surface area contributed by atoms with Crippen LogP contribution >= 0.6 is 11.3 Å². The van der Waals surface area contributed by atoms with Crippen molar-refractivity contribution in [2.75, 3.05) is 18.7 Å². The van der Waals surface area contributed by atoms with Crippen LogP contribution in [0.3, 0.4) is 0 Å². The number of nitriles is 1. The molecule has 3 rings (SSSR count). The van der Waals surface area contributed by atoms with Gasteiger partial charge in [0.25, 0.3) is 0 Å². The SMILES string of the molecule is CCOC(=O)c1sc(NC(=O)/C=C/c2ccc3c(c2)OCO3)c(C#N)c1C. The number of ether oxygens (including phenoxy) is 3. The van der Waals surface area contributed by atoms with Gasteiger partial charge in [0.15, 0.2) is 11.5 Å². The molecular formula is C19H16N2O5S. The van der Waals surface area contributed by atoms with Gasteiger partial charge >= 0.3 is 5.97 Å². The summed E-state index contributed by atoms with van der Waals surface area (Å²) in [4.78, 5) is 24.5. The first-order chi connectivity index (χ1) is 13.0. The van der Waals surface area contributed by atoms with Crippen LogP contribution in [-0.4, -0.2) is 25.3 Å². The summed E-state index contributed by atoms with van der Waals surface area (Å²) < 4.78 is 15.5. The summed E-state index contributed by atoms with van der Waals surface area (Å²) in [6, 6.07) is 7.35. The predicted octanol–water partition coefficient (Wildman–Crippen LogP) is 3.49. The van der Waals surface area contributed by atoms with Crippen LogP contribution in [0.25, 0.3) is 6.08 Å². The van der Waals surface area contributed by atoms with Crippen molar-refractivity contribution in [3.63, 3.8) is 0 Å². The van der Waals surface area contributed by atoms with E-state index in [1.807, 2.05) is 6.07 Å². The van der Waals surface area contributed by atoms with Crippen LogP contribution in [0, 0.1) is 18.3 Å². The van der Waals surface area contributed by atoms with Crippen LogP contribution < -0.4 is 14.8 Å². The van der Waals surface area contributed by atoms with E-state index in [0.717, 1.165) is 16.9 Å². The van der Waals surface area contributed by atoms with E-state index in [1.165, 1.54) is 6.08 Å². The third-order valence-corrected chi connectivity index (χ3v) is 4.97. The van der Waals surface area contributed by atoms with Gasteiger partial charge in [-0.2, -0.15) is 5.26 Å². The molecule has 0 fully saturated rings. The number of benzene rings is 1. The predicted molar refractivity (Wildman–Crippen MR) is 100.0 cm³/mol. The van der Waals surface area contributed by atoms with Crippen molar-refractivity contribution >= 4 is 34.3 Å². The van der Waals surface area contributed by atoms with Gasteiger partial charge in [0.1, 0.15) is 15.9 Å². The largest absolute Gasteiger partial charge is 0.462 e. The highest BCUT2D eigenvalue weighted by atomic mass is 32.1. The summed E-state index contributed by atoms with van der Waals surface area (Å²) in [5, 5.41) is 12.3. The Bertz CT molecular complexity index is 971. The number of nitrogens with one attached hydrogen (secondary N) is 1. The lowest BCUT2D eigenvalue weighted by Crippen LogP contribution is -2.07. The topological polar surface area (TPSA) is 97.7 Å². The van der Waals surface area contributed by atoms with Crippen LogP contribution in [0.4, 0.5) is 5.00 Å². The quantitative estimate of drug-likeness (QED) is 0.626. The first kappa shape index (κ1) is 18.5. The van der Waals surface area contributed by atoms with Crippen molar-refractivity contribution in [3.05, 3.63) is 45.8 Å². The molecule has 2 heterocycles. The van der Waals surface area contributed by atoms with Gasteiger partial charge in [-0.1, -0.05) is 6.07 Å². The van der Waals surface area contributed by atoms with Crippen molar-refractivity contribution < 1.29 is 23.8 Å². The minimum absolute atomic E-state index is 0.181. The molecule has 0 radical (unpaired) electrons. The highest BCUT2D eigenvalue weighted by Crippen LogP contribution is 2.34. The first-order valence-electron chi connectivity index (χ1n) is 8.12. The number of anilines is 1. The standard InChI is InChI=1S/C19H16N2O5S/c1-3-24-19(23)17-11(2)13(9-20)18(27-17)21-16(22)7-5-12-4-6-14-15(8-12)26-10-25-14/h4-8H,3,10H2,1-2H3,(H,21,22)/b7-5+. The number of thiophene rings is 1. The number of rotatable bonds is 5. The van der Waals surface area contributed by atoms with Gasteiger partial charge in [0.2, 0.25) is 12.7 Å². The number of fused-ring (bicyclic) bond motifs is 1. The molecule has 0 unspecified atom stereocenters. The first-order valence-corrected chi connectivity index (χ1v) is 8.94. The number of carbonyl (C=O) groups is 2. The molecule has 7 nitrogen and oxygen atoms in total. The lowest BCUT2D eigenvalue weighted by molar-refractivity contribution is -0.111. The van der Waals surface area contributed by atoms with Crippen molar-refractivity contribution in [1.29, 1.82) is 5.26 Å². The minimum Gasteiger partial charge on any atom is -0.462 e. The van der Waals surface area contributed by atoms with E-state index in [-0.39, 0.29) is 19.0 Å². The van der Waals surface area contributed by atoms with E-state index >= 15 is 0 Å². The zero-order valence-corrected chi connectivity index (χ0v) is 15.5. The van der Waals surface area contributed by atoms with Crippen molar-refractivity contribution in [2.24, 2.45) is 0 Å². The third-order valence-electron chi connectivity index (χ3n) is 3.78. The highest BCUT2D eigenvalue weighted by molar-refractivity contribution is 7.18. The Labute approximate surface area is 159 Å². The van der Waals surface area contributed by atoms with E-state index in [0.29, 0.717) is 26.9 Å². The monoisotopic (exact) mass is 384 g/mol. The maximum Gasteiger partial charge on any atom is 0.348 e. The molecule has 0 bridgehead atoms. The molecule has 138 valence electrons. The van der Waals surface area contributed by atoms with Crippen molar-refractivity contribution in [2.45, 2.75) is 13.8 Å². The zero-order chi connectivity index (χ0) is 19.4. The molecule has 0 saturated heterocycles. The van der Waals surface area contributed by atoms with Crippen LogP contribution in [-0.2, 0) is 9.53 Å². The molecule has 1 aromatic carbocycles. The second kappa shape index (κ2) is 7.93. The van der Waals surface area contributed by atoms with E-state index in [9.17, 15) is 14.9 Å². The summed E-state index contributed by atoms with van der Waals surface area (Å²) in [5.74, 6) is 0.363. The van der Waals surface area contributed by atoms with Gasteiger partial charge in [-0.25, -0.2) is 4.79 Å². The molecule has 1 N–H and O–H groups in total. The number of nitrogens with zero attached hydrogens (tertiary/aromatic N) is 1. The molecule has 1 aromatic heterocycles. The summed E-state index contributed by atoms with van der Waals surface area (Å²) in [6.07, 6.45) is 2.97. The van der Waals surface area contributed by atoms with E-state index in [1.54, 1.807) is 38.1 Å². The molecule has 8 heteroatoms. The van der Waals surface area contributed by atoms with Gasteiger partial charge < -0.3 is 19.5 Å². The van der Waals surface area contributed by atoms with E-state index in [2.05, 4.69) is 5.32 Å². The van der Waals surface area contributed by atoms with Crippen LogP contribution in [0.15, 0.2) is 24.3 Å². The fraction of sp³-hybridized carbons (Fsp3) is 0.211. The maximum absolute atomic E-state index is 12.2. The van der Waals surface area contributed by atoms with Crippen molar-refractivity contribution in [1.82, 2.24) is 0 Å². The van der Waals surface area contributed by atoms with Crippen LogP contribution in [0.5, 0.6) is 11.5 Å². The molecular weight excluding hydrogens is 368 g/mol. The molecule has 2 aromatic rings. The number of esters is 1. The average Bonchev–Trinajstić information content (AvgIpc) is 3.23. The van der Waals surface area contributed by atoms with Gasteiger partial charge in [-0.05, 0) is 43.2 Å². The number of amides is 1. The summed E-state index contributed by atoms with van der Waals surface area (Å²) >= 11 is 1.03. The Morgan fingerprint density at radius 1 is 1.37 bits per heavy atom. The summed E-state index contributed by atoms with van der Waals surface area (Å²) in [7, 11) is 0. The normalized spacial score (nSPS) is 12.0. The average molecular weight is 384 g/mol. The number of hydrogen-bond donors (Lipinski definition) is 1. The van der Waals surface area contributed by atoms with Gasteiger partial charge in [-0.15, -0.1) is 11.3 Å². The third kappa shape index (κ3) is 3.93. The fourth-order valence-corrected chi connectivity index (χ4v) is 3.52. The highest BCUT2D eigenvalue weighted by Gasteiger charge is 2.21. The second-order valence-electron chi connectivity index (χ2n) is 5.53. The Morgan fingerprint density at radius 2 is 2.15 bits per heavy atom. The fourth-order valence-electron chi connectivity index (χ4n) is 2.47. The number of hydrogen-bond acceptors (Lipinski definition) is 7. The van der Waals surface area contributed by atoms with Gasteiger partial charge in [-0.3, -0.25) is 4.79 Å². The molecule has 1 aliphatic rings. The second-order valence-corrected chi connectivity index (χ2v) is 6.55. The molecule has 27 heavy (non-hydrogen) atoms.